The highest BCUT2D eigenvalue weighted by atomic mass is 32.2. The molecule has 0 amide bonds. The monoisotopic (exact) mass is 428 g/mol. The number of benzene rings is 2. The van der Waals surface area contributed by atoms with E-state index in [0.717, 1.165) is 27.1 Å². The summed E-state index contributed by atoms with van der Waals surface area (Å²) in [6, 6.07) is 12.8. The van der Waals surface area contributed by atoms with Crippen LogP contribution < -0.4 is 15.4 Å². The van der Waals surface area contributed by atoms with Crippen LogP contribution in [0.2, 0.25) is 0 Å². The molecule has 4 rings (SSSR count). The van der Waals surface area contributed by atoms with Crippen LogP contribution in [0.15, 0.2) is 48.7 Å². The average molecular weight is 429 g/mol. The van der Waals surface area contributed by atoms with E-state index < -0.39 is 16.8 Å². The highest BCUT2D eigenvalue weighted by Crippen LogP contribution is 2.28. The van der Waals surface area contributed by atoms with Gasteiger partial charge in [0.05, 0.1) is 32.8 Å². The predicted octanol–water partition coefficient (Wildman–Crippen LogP) is 4.73. The quantitative estimate of drug-likeness (QED) is 0.411. The molecule has 29 heavy (non-hydrogen) atoms. The summed E-state index contributed by atoms with van der Waals surface area (Å²) in [5.74, 6) is -0.359. The summed E-state index contributed by atoms with van der Waals surface area (Å²) in [4.78, 5) is 12.7. The summed E-state index contributed by atoms with van der Waals surface area (Å²) in [6.45, 7) is 1.96. The van der Waals surface area contributed by atoms with Gasteiger partial charge in [-0.15, -0.1) is 11.3 Å². The molecular formula is C19H17FN6OS2. The fourth-order valence-corrected chi connectivity index (χ4v) is 4.02. The molecule has 0 spiro atoms. The van der Waals surface area contributed by atoms with Crippen LogP contribution in [-0.4, -0.2) is 25.4 Å². The molecule has 1 unspecified atom stereocenters. The van der Waals surface area contributed by atoms with Crippen LogP contribution >= 0.6 is 11.3 Å². The summed E-state index contributed by atoms with van der Waals surface area (Å²) >= 11 is 1.62. The lowest BCUT2D eigenvalue weighted by Gasteiger charge is -2.13. The molecule has 2 heterocycles. The molecule has 148 valence electrons. The lowest BCUT2D eigenvalue weighted by Crippen LogP contribution is -2.07. The van der Waals surface area contributed by atoms with E-state index in [1.54, 1.807) is 35.6 Å². The number of anilines is 5. The van der Waals surface area contributed by atoms with Gasteiger partial charge in [-0.1, -0.05) is 12.1 Å². The normalized spacial score (nSPS) is 12.0. The van der Waals surface area contributed by atoms with Crippen molar-refractivity contribution in [3.05, 3.63) is 59.5 Å². The van der Waals surface area contributed by atoms with Gasteiger partial charge >= 0.3 is 0 Å². The second kappa shape index (κ2) is 8.10. The van der Waals surface area contributed by atoms with Gasteiger partial charge in [-0.05, 0) is 37.3 Å². The molecule has 3 N–H and O–H groups in total. The van der Waals surface area contributed by atoms with Crippen molar-refractivity contribution in [3.63, 3.8) is 0 Å². The first-order valence-electron chi connectivity index (χ1n) is 8.61. The van der Waals surface area contributed by atoms with Crippen LogP contribution in [0.4, 0.5) is 33.2 Å². The second-order valence-electron chi connectivity index (χ2n) is 6.16. The number of para-hydroxylation sites is 2. The van der Waals surface area contributed by atoms with Crippen LogP contribution in [0.3, 0.4) is 0 Å². The largest absolute Gasteiger partial charge is 0.336 e. The Kier molecular flexibility index (Phi) is 5.36. The van der Waals surface area contributed by atoms with Crippen molar-refractivity contribution in [3.8, 4) is 0 Å². The minimum atomic E-state index is -1.27. The Morgan fingerprint density at radius 2 is 1.86 bits per heavy atom. The summed E-state index contributed by atoms with van der Waals surface area (Å²) in [5, 5.41) is 7.00. The van der Waals surface area contributed by atoms with E-state index in [4.69, 9.17) is 0 Å². The van der Waals surface area contributed by atoms with E-state index in [2.05, 4.69) is 30.3 Å². The standard InChI is InChI=1S/C19H17FN6OS2/c1-11-22-16-9-12(7-8-17(16)28-11)23-19-21-10-13(20)18(25-19)24-14-5-3-4-6-15(14)26-29(2)27/h3-10,26H,1-2H3,(H2,21,23,24,25). The highest BCUT2D eigenvalue weighted by Gasteiger charge is 2.11. The lowest BCUT2D eigenvalue weighted by molar-refractivity contribution is 0.619. The molecule has 2 aromatic carbocycles. The fourth-order valence-electron chi connectivity index (χ4n) is 2.73. The topological polar surface area (TPSA) is 91.8 Å². The molecule has 7 nitrogen and oxygen atoms in total. The fraction of sp³-hybridized carbons (Fsp3) is 0.105. The molecule has 10 heteroatoms. The maximum absolute atomic E-state index is 14.3. The van der Waals surface area contributed by atoms with Gasteiger partial charge in [-0.3, -0.25) is 0 Å². The molecule has 0 fully saturated rings. The summed E-state index contributed by atoms with van der Waals surface area (Å²) in [7, 11) is -1.27. The van der Waals surface area contributed by atoms with Gasteiger partial charge in [-0.25, -0.2) is 18.6 Å². The van der Waals surface area contributed by atoms with Gasteiger partial charge in [0.25, 0.3) is 0 Å². The van der Waals surface area contributed by atoms with Crippen LogP contribution in [0.25, 0.3) is 10.2 Å². The summed E-state index contributed by atoms with van der Waals surface area (Å²) < 4.78 is 29.7. The first-order chi connectivity index (χ1) is 14.0. The third-order valence-corrected chi connectivity index (χ3v) is 5.39. The zero-order valence-corrected chi connectivity index (χ0v) is 17.2. The molecule has 0 aliphatic heterocycles. The first-order valence-corrected chi connectivity index (χ1v) is 11.0. The van der Waals surface area contributed by atoms with E-state index in [-0.39, 0.29) is 11.8 Å². The summed E-state index contributed by atoms with van der Waals surface area (Å²) in [5.41, 5.74) is 2.75. The lowest BCUT2D eigenvalue weighted by atomic mass is 10.2. The van der Waals surface area contributed by atoms with Gasteiger partial charge in [0, 0.05) is 11.9 Å². The van der Waals surface area contributed by atoms with E-state index >= 15 is 0 Å². The number of aryl methyl sites for hydroxylation is 1. The number of nitrogens with one attached hydrogen (secondary N) is 3. The molecule has 0 bridgehead atoms. The molecule has 0 aliphatic rings. The maximum atomic E-state index is 14.3. The van der Waals surface area contributed by atoms with Crippen molar-refractivity contribution in [2.45, 2.75) is 6.92 Å². The zero-order chi connectivity index (χ0) is 20.4. The Labute approximate surface area is 173 Å². The number of hydrogen-bond acceptors (Lipinski definition) is 7. The van der Waals surface area contributed by atoms with Gasteiger partial charge in [0.1, 0.15) is 11.0 Å². The number of halogens is 1. The van der Waals surface area contributed by atoms with Crippen LogP contribution in [-0.2, 0) is 11.0 Å². The van der Waals surface area contributed by atoms with Crippen LogP contribution in [0, 0.1) is 12.7 Å². The molecule has 0 saturated carbocycles. The van der Waals surface area contributed by atoms with Gasteiger partial charge < -0.3 is 15.4 Å². The molecular weight excluding hydrogens is 411 g/mol. The van der Waals surface area contributed by atoms with E-state index in [0.29, 0.717) is 11.4 Å². The molecule has 0 aliphatic carbocycles. The minimum Gasteiger partial charge on any atom is -0.336 e. The third kappa shape index (κ3) is 4.49. The van der Waals surface area contributed by atoms with E-state index in [1.807, 2.05) is 25.1 Å². The number of nitrogens with zero attached hydrogens (tertiary/aromatic N) is 3. The Morgan fingerprint density at radius 3 is 2.66 bits per heavy atom. The van der Waals surface area contributed by atoms with Crippen LogP contribution in [0.1, 0.15) is 5.01 Å². The predicted molar refractivity (Wildman–Crippen MR) is 117 cm³/mol. The van der Waals surface area contributed by atoms with E-state index in [9.17, 15) is 8.60 Å². The van der Waals surface area contributed by atoms with Crippen molar-refractivity contribution in [1.29, 1.82) is 0 Å². The Morgan fingerprint density at radius 1 is 1.07 bits per heavy atom. The molecule has 1 atom stereocenters. The van der Waals surface area contributed by atoms with Crippen LogP contribution in [0.5, 0.6) is 0 Å². The number of hydrogen-bond donors (Lipinski definition) is 3. The van der Waals surface area contributed by atoms with Gasteiger partial charge in [-0.2, -0.15) is 4.98 Å². The highest BCUT2D eigenvalue weighted by molar-refractivity contribution is 7.85. The van der Waals surface area contributed by atoms with Gasteiger partial charge in [0.15, 0.2) is 11.6 Å². The molecule has 4 aromatic rings. The van der Waals surface area contributed by atoms with Gasteiger partial charge in [0.2, 0.25) is 5.95 Å². The Hall–Kier alpha value is -3.11. The van der Waals surface area contributed by atoms with Crippen molar-refractivity contribution < 1.29 is 8.60 Å². The van der Waals surface area contributed by atoms with Crippen molar-refractivity contribution in [2.75, 3.05) is 21.6 Å². The SMILES string of the molecule is Cc1nc2cc(Nc3ncc(F)c(Nc4ccccc4NS(C)=O)n3)ccc2s1. The number of fused-ring (bicyclic) bond motifs is 1. The molecule has 2 aromatic heterocycles. The minimum absolute atomic E-state index is 0.00390. The Bertz CT molecular complexity index is 1210. The molecule has 0 radical (unpaired) electrons. The summed E-state index contributed by atoms with van der Waals surface area (Å²) in [6.07, 6.45) is 2.61. The smallest absolute Gasteiger partial charge is 0.229 e. The zero-order valence-electron chi connectivity index (χ0n) is 15.6. The number of aromatic nitrogens is 3. The average Bonchev–Trinajstić information content (AvgIpc) is 3.05. The van der Waals surface area contributed by atoms with Crippen molar-refractivity contribution >= 4 is 61.4 Å². The van der Waals surface area contributed by atoms with E-state index in [1.165, 1.54) is 6.26 Å². The van der Waals surface area contributed by atoms with Crippen molar-refractivity contribution in [2.24, 2.45) is 0 Å². The molecule has 0 saturated heterocycles. The van der Waals surface area contributed by atoms with Crippen molar-refractivity contribution in [1.82, 2.24) is 15.0 Å². The first kappa shape index (κ1) is 19.2. The number of rotatable bonds is 6. The Balaban J connectivity index is 1.60. The number of thiazole rings is 1. The second-order valence-corrected chi connectivity index (χ2v) is 8.50. The third-order valence-electron chi connectivity index (χ3n) is 3.93. The maximum Gasteiger partial charge on any atom is 0.229 e.